The Kier molecular flexibility index (Phi) is 13.5. The summed E-state index contributed by atoms with van der Waals surface area (Å²) in [7, 11) is 0. The highest BCUT2D eigenvalue weighted by Crippen LogP contribution is 2.71. The second-order valence-corrected chi connectivity index (χ2v) is 20.6. The quantitative estimate of drug-likeness (QED) is 0.139. The minimum Gasteiger partial charge on any atom is -0.396 e. The summed E-state index contributed by atoms with van der Waals surface area (Å²) in [6, 6.07) is 0. The predicted octanol–water partition coefficient (Wildman–Crippen LogP) is 1.46. The first kappa shape index (κ1) is 45.0. The van der Waals surface area contributed by atoms with Crippen molar-refractivity contribution in [3.8, 4) is 0 Å². The average Bonchev–Trinajstić information content (AvgIpc) is 3.68. The van der Waals surface area contributed by atoms with Gasteiger partial charge in [0.15, 0.2) is 18.4 Å². The number of aliphatic hydroxyl groups is 8. The Morgan fingerprint density at radius 2 is 1.44 bits per heavy atom. The Morgan fingerprint density at radius 1 is 0.712 bits per heavy atom. The highest BCUT2D eigenvalue weighted by atomic mass is 16.7. The van der Waals surface area contributed by atoms with Gasteiger partial charge in [-0.2, -0.15) is 0 Å². The molecule has 8 aliphatic rings. The number of ether oxygens (including phenoxy) is 7. The van der Waals surface area contributed by atoms with E-state index in [1.807, 2.05) is 0 Å². The zero-order chi connectivity index (χ0) is 42.0. The summed E-state index contributed by atoms with van der Waals surface area (Å²) in [4.78, 5) is 0. The maximum Gasteiger partial charge on any atom is 0.187 e. The van der Waals surface area contributed by atoms with E-state index in [2.05, 4.69) is 27.7 Å². The van der Waals surface area contributed by atoms with Crippen LogP contribution in [-0.4, -0.2) is 160 Å². The molecule has 0 amide bonds. The lowest BCUT2D eigenvalue weighted by atomic mass is 9.44. The van der Waals surface area contributed by atoms with Crippen LogP contribution >= 0.6 is 0 Å². The highest BCUT2D eigenvalue weighted by molar-refractivity contribution is 5.15. The van der Waals surface area contributed by atoms with Crippen molar-refractivity contribution in [2.24, 2.45) is 58.2 Å². The highest BCUT2D eigenvalue weighted by Gasteiger charge is 2.69. The number of fused-ring (bicyclic) bond motifs is 7. The molecule has 0 aromatic rings. The van der Waals surface area contributed by atoms with Gasteiger partial charge in [-0.05, 0) is 111 Å². The van der Waals surface area contributed by atoms with Crippen LogP contribution in [-0.2, 0) is 33.2 Å². The van der Waals surface area contributed by atoms with E-state index in [-0.39, 0.29) is 31.0 Å². The van der Waals surface area contributed by atoms with Crippen molar-refractivity contribution in [1.82, 2.24) is 0 Å². The second-order valence-electron chi connectivity index (χ2n) is 20.6. The summed E-state index contributed by atoms with van der Waals surface area (Å²) in [6.07, 6.45) is -2.46. The normalized spacial score (nSPS) is 54.0. The summed E-state index contributed by atoms with van der Waals surface area (Å²) in [5.74, 6) is 3.76. The van der Waals surface area contributed by atoms with E-state index in [4.69, 9.17) is 33.2 Å². The van der Waals surface area contributed by atoms with Crippen molar-refractivity contribution in [3.63, 3.8) is 0 Å². The molecule has 23 atom stereocenters. The van der Waals surface area contributed by atoms with Gasteiger partial charge >= 0.3 is 0 Å². The van der Waals surface area contributed by atoms with Gasteiger partial charge in [0.1, 0.15) is 48.8 Å². The molecule has 4 heterocycles. The molecular weight excluding hydrogens is 768 g/mol. The topological polar surface area (TPSA) is 226 Å². The first-order valence-corrected chi connectivity index (χ1v) is 22.9. The Bertz CT molecular complexity index is 1400. The van der Waals surface area contributed by atoms with Gasteiger partial charge in [-0.15, -0.1) is 0 Å². The van der Waals surface area contributed by atoms with Crippen LogP contribution in [0.5, 0.6) is 0 Å². The van der Waals surface area contributed by atoms with E-state index in [1.165, 1.54) is 44.9 Å². The first-order chi connectivity index (χ1) is 28.2. The molecule has 0 aromatic heterocycles. The molecule has 59 heavy (non-hydrogen) atoms. The summed E-state index contributed by atoms with van der Waals surface area (Å²) < 4.78 is 42.6. The third-order valence-corrected chi connectivity index (χ3v) is 17.5. The molecule has 8 N–H and O–H groups in total. The third-order valence-electron chi connectivity index (χ3n) is 17.5. The van der Waals surface area contributed by atoms with Crippen LogP contribution in [0.1, 0.15) is 98.3 Å². The number of hydrogen-bond acceptors (Lipinski definition) is 15. The molecule has 8 rings (SSSR count). The Labute approximate surface area is 349 Å². The van der Waals surface area contributed by atoms with Crippen molar-refractivity contribution >= 4 is 0 Å². The monoisotopic (exact) mass is 843 g/mol. The van der Waals surface area contributed by atoms with Gasteiger partial charge in [0.25, 0.3) is 0 Å². The summed E-state index contributed by atoms with van der Waals surface area (Å²) in [5, 5.41) is 82.2. The minimum absolute atomic E-state index is 0.00203. The Balaban J connectivity index is 0.794. The van der Waals surface area contributed by atoms with Gasteiger partial charge in [-0.3, -0.25) is 0 Å². The molecule has 1 spiro atoms. The molecule has 15 nitrogen and oxygen atoms in total. The SMILES string of the molecule is C[C@@H]1CC[C@@]2(OC1)O[C@H]1C[C@H]3[C@@H]4CC[C@H]5C[C@@H](OCC[C@H](CO)CO[C@@H]6O[C@H](CO)[C@@H](O[C@H]7O[C@H](CO)[C@@H](O)[C@H](O)[C@H]7O)[C@H](O)[C@H]6O)CC[C@]5(C)[C@H]4CC[C@]3(C)[C@H]1[C@@H]2C. The standard InChI is InChI=1S/C44H74O15/c1-22-7-13-44(55-20-22)23(2)33-30(59-44)16-29-27-6-5-25-15-26(8-11-42(25,3)28(27)9-12-43(29,33)4)53-14-10-24(17-45)21-54-40-38(52)36(50)39(32(19-47)57-40)58-41-37(51)35(49)34(48)31(18-46)56-41/h22-41,45-52H,5-21H2,1-4H3/t22-,23+,24-,25+,26+,27-,28+,29+,30+,31-,32-,33+,34-,35+,36-,37-,38-,39-,40-,41-,42+,43+,44-/m1/s1. The van der Waals surface area contributed by atoms with E-state index in [0.29, 0.717) is 59.6 Å². The van der Waals surface area contributed by atoms with Crippen molar-refractivity contribution < 1.29 is 74.0 Å². The maximum absolute atomic E-state index is 11.0. The number of rotatable bonds is 12. The van der Waals surface area contributed by atoms with Crippen LogP contribution in [0.2, 0.25) is 0 Å². The molecular formula is C44H74O15. The van der Waals surface area contributed by atoms with Crippen molar-refractivity contribution in [2.45, 2.75) is 178 Å². The molecule has 4 aliphatic heterocycles. The van der Waals surface area contributed by atoms with Crippen molar-refractivity contribution in [1.29, 1.82) is 0 Å². The second kappa shape index (κ2) is 17.8. The van der Waals surface area contributed by atoms with Gasteiger partial charge < -0.3 is 74.0 Å². The maximum atomic E-state index is 11.0. The smallest absolute Gasteiger partial charge is 0.187 e. The largest absolute Gasteiger partial charge is 0.396 e. The molecule has 340 valence electrons. The molecule has 0 radical (unpaired) electrons. The van der Waals surface area contributed by atoms with E-state index in [9.17, 15) is 40.9 Å². The third kappa shape index (κ3) is 8.00. The summed E-state index contributed by atoms with van der Waals surface area (Å²) in [6.45, 7) is 9.64. The molecule has 8 fully saturated rings. The number of aliphatic hydroxyl groups excluding tert-OH is 8. The zero-order valence-corrected chi connectivity index (χ0v) is 35.5. The van der Waals surface area contributed by atoms with Crippen LogP contribution in [0, 0.1) is 58.2 Å². The van der Waals surface area contributed by atoms with Crippen molar-refractivity contribution in [3.05, 3.63) is 0 Å². The number of hydrogen-bond donors (Lipinski definition) is 8. The zero-order valence-electron chi connectivity index (χ0n) is 35.5. The van der Waals surface area contributed by atoms with E-state index < -0.39 is 74.6 Å². The van der Waals surface area contributed by atoms with E-state index in [1.54, 1.807) is 0 Å². The predicted molar refractivity (Wildman–Crippen MR) is 209 cm³/mol. The van der Waals surface area contributed by atoms with Gasteiger partial charge in [0, 0.05) is 31.5 Å². The van der Waals surface area contributed by atoms with Gasteiger partial charge in [0.2, 0.25) is 0 Å². The Hall–Kier alpha value is -0.600. The fraction of sp³-hybridized carbons (Fsp3) is 1.00. The van der Waals surface area contributed by atoms with Gasteiger partial charge in [-0.25, -0.2) is 0 Å². The molecule has 0 unspecified atom stereocenters. The molecule has 4 saturated carbocycles. The van der Waals surface area contributed by atoms with Crippen LogP contribution in [0.4, 0.5) is 0 Å². The van der Waals surface area contributed by atoms with Crippen LogP contribution in [0.25, 0.3) is 0 Å². The minimum atomic E-state index is -1.75. The molecule has 15 heteroatoms. The fourth-order valence-electron chi connectivity index (χ4n) is 13.9. The fourth-order valence-corrected chi connectivity index (χ4v) is 13.9. The lowest BCUT2D eigenvalue weighted by Gasteiger charge is -2.61. The van der Waals surface area contributed by atoms with E-state index in [0.717, 1.165) is 37.7 Å². The summed E-state index contributed by atoms with van der Waals surface area (Å²) >= 11 is 0. The summed E-state index contributed by atoms with van der Waals surface area (Å²) in [5.41, 5.74) is 0.629. The van der Waals surface area contributed by atoms with Crippen LogP contribution in [0.15, 0.2) is 0 Å². The van der Waals surface area contributed by atoms with Crippen LogP contribution < -0.4 is 0 Å². The van der Waals surface area contributed by atoms with E-state index >= 15 is 0 Å². The molecule has 4 saturated heterocycles. The molecule has 0 bridgehead atoms. The first-order valence-electron chi connectivity index (χ1n) is 22.9. The van der Waals surface area contributed by atoms with Gasteiger partial charge in [-0.1, -0.05) is 27.7 Å². The lowest BCUT2D eigenvalue weighted by Crippen LogP contribution is -2.64. The average molecular weight is 843 g/mol. The molecule has 4 aliphatic carbocycles. The Morgan fingerprint density at radius 3 is 2.15 bits per heavy atom. The molecule has 0 aromatic carbocycles. The van der Waals surface area contributed by atoms with Crippen molar-refractivity contribution in [2.75, 3.05) is 39.6 Å². The lowest BCUT2D eigenvalue weighted by molar-refractivity contribution is -0.360. The van der Waals surface area contributed by atoms with Gasteiger partial charge in [0.05, 0.1) is 38.6 Å². The van der Waals surface area contributed by atoms with Crippen LogP contribution in [0.3, 0.4) is 0 Å².